The van der Waals surface area contributed by atoms with Crippen LogP contribution in [0.3, 0.4) is 0 Å². The largest absolute Gasteiger partial charge is 0.464 e. The average Bonchev–Trinajstić information content (AvgIpc) is 2.87. The van der Waals surface area contributed by atoms with E-state index in [4.69, 9.17) is 16.0 Å². The molecule has 4 heteroatoms. The third kappa shape index (κ3) is 2.36. The number of carbonyl (C=O) groups excluding carboxylic acids is 1. The summed E-state index contributed by atoms with van der Waals surface area (Å²) < 4.78 is 7.63. The summed E-state index contributed by atoms with van der Waals surface area (Å²) in [6, 6.07) is 5.78. The van der Waals surface area contributed by atoms with Gasteiger partial charge >= 0.3 is 0 Å². The van der Waals surface area contributed by atoms with Crippen LogP contribution in [0.2, 0.25) is 0 Å². The maximum atomic E-state index is 11.7. The second-order valence-electron chi connectivity index (χ2n) is 4.44. The van der Waals surface area contributed by atoms with Crippen LogP contribution in [0.15, 0.2) is 22.6 Å². The summed E-state index contributed by atoms with van der Waals surface area (Å²) in [4.78, 5) is 11.7. The van der Waals surface area contributed by atoms with Gasteiger partial charge in [-0.05, 0) is 39.0 Å². The van der Waals surface area contributed by atoms with E-state index >= 15 is 0 Å². The highest BCUT2D eigenvalue weighted by Gasteiger charge is 2.15. The van der Waals surface area contributed by atoms with Crippen molar-refractivity contribution < 1.29 is 9.21 Å². The summed E-state index contributed by atoms with van der Waals surface area (Å²) in [7, 11) is 0. The van der Waals surface area contributed by atoms with Crippen molar-refractivity contribution in [2.24, 2.45) is 0 Å². The maximum absolute atomic E-state index is 11.7. The number of hydrogen-bond acceptors (Lipinski definition) is 2. The topological polar surface area (TPSA) is 35.1 Å². The molecular weight excluding hydrogens is 250 g/mol. The lowest BCUT2D eigenvalue weighted by atomic mass is 10.2. The third-order valence-corrected chi connectivity index (χ3v) is 3.35. The molecule has 0 saturated heterocycles. The fraction of sp³-hybridized carbons (Fsp3) is 0.357. The second kappa shape index (κ2) is 5.02. The van der Waals surface area contributed by atoms with Gasteiger partial charge < -0.3 is 8.98 Å². The molecule has 0 fully saturated rings. The lowest BCUT2D eigenvalue weighted by molar-refractivity contribution is 0.102. The second-order valence-corrected chi connectivity index (χ2v) is 4.71. The highest BCUT2D eigenvalue weighted by atomic mass is 35.5. The standard InChI is InChI=1S/C14H16ClNO2/c1-9-6-13(14(17)7-15)11(3)16(9)8-12-5-4-10(2)18-12/h4-6H,7-8H2,1-3H3. The van der Waals surface area contributed by atoms with Crippen LogP contribution in [0.25, 0.3) is 0 Å². The minimum absolute atomic E-state index is 0.0180. The number of alkyl halides is 1. The van der Waals surface area contributed by atoms with Crippen molar-refractivity contribution >= 4 is 17.4 Å². The Morgan fingerprint density at radius 2 is 2.06 bits per heavy atom. The Morgan fingerprint density at radius 1 is 1.33 bits per heavy atom. The van der Waals surface area contributed by atoms with Gasteiger partial charge in [-0.3, -0.25) is 4.79 Å². The molecule has 18 heavy (non-hydrogen) atoms. The van der Waals surface area contributed by atoms with Gasteiger partial charge in [0.25, 0.3) is 0 Å². The first kappa shape index (κ1) is 13.0. The Labute approximate surface area is 111 Å². The van der Waals surface area contributed by atoms with Gasteiger partial charge in [0.05, 0.1) is 12.4 Å². The first-order chi connectivity index (χ1) is 8.52. The smallest absolute Gasteiger partial charge is 0.179 e. The van der Waals surface area contributed by atoms with Crippen LogP contribution in [-0.2, 0) is 6.54 Å². The van der Waals surface area contributed by atoms with E-state index in [-0.39, 0.29) is 11.7 Å². The molecule has 0 aliphatic rings. The van der Waals surface area contributed by atoms with E-state index in [1.807, 2.05) is 39.0 Å². The molecule has 0 saturated carbocycles. The maximum Gasteiger partial charge on any atom is 0.179 e. The first-order valence-corrected chi connectivity index (χ1v) is 6.37. The number of furan rings is 1. The van der Waals surface area contributed by atoms with Crippen LogP contribution in [-0.4, -0.2) is 16.2 Å². The summed E-state index contributed by atoms with van der Waals surface area (Å²) in [5, 5.41) is 0. The number of rotatable bonds is 4. The van der Waals surface area contributed by atoms with Crippen molar-refractivity contribution in [2.75, 3.05) is 5.88 Å². The Hall–Kier alpha value is -1.48. The predicted octanol–water partition coefficient (Wildman–Crippen LogP) is 3.48. The summed E-state index contributed by atoms with van der Waals surface area (Å²) in [5.74, 6) is 1.76. The van der Waals surface area contributed by atoms with Gasteiger partial charge in [0.1, 0.15) is 11.5 Å². The van der Waals surface area contributed by atoms with Crippen LogP contribution in [0.5, 0.6) is 0 Å². The van der Waals surface area contributed by atoms with Crippen molar-refractivity contribution in [3.63, 3.8) is 0 Å². The van der Waals surface area contributed by atoms with Gasteiger partial charge in [-0.2, -0.15) is 0 Å². The lowest BCUT2D eigenvalue weighted by Gasteiger charge is -2.07. The van der Waals surface area contributed by atoms with Crippen LogP contribution in [0.4, 0.5) is 0 Å². The zero-order chi connectivity index (χ0) is 13.3. The van der Waals surface area contributed by atoms with Crippen LogP contribution >= 0.6 is 11.6 Å². The molecule has 0 atom stereocenters. The molecule has 0 bridgehead atoms. The van der Waals surface area contributed by atoms with E-state index in [0.29, 0.717) is 12.1 Å². The minimum atomic E-state index is -0.0355. The van der Waals surface area contributed by atoms with Crippen molar-refractivity contribution in [2.45, 2.75) is 27.3 Å². The van der Waals surface area contributed by atoms with Crippen molar-refractivity contribution in [3.05, 3.63) is 46.7 Å². The number of ketones is 1. The predicted molar refractivity (Wildman–Crippen MR) is 71.5 cm³/mol. The number of aryl methyl sites for hydroxylation is 2. The molecule has 3 nitrogen and oxygen atoms in total. The molecule has 0 aromatic carbocycles. The Morgan fingerprint density at radius 3 is 2.61 bits per heavy atom. The minimum Gasteiger partial charge on any atom is -0.464 e. The molecule has 96 valence electrons. The molecule has 0 spiro atoms. The zero-order valence-electron chi connectivity index (χ0n) is 10.8. The third-order valence-electron chi connectivity index (χ3n) is 3.11. The van der Waals surface area contributed by atoms with Gasteiger partial charge in [0.2, 0.25) is 0 Å². The number of Topliss-reactive ketones (excluding diaryl/α,β-unsaturated/α-hetero) is 1. The zero-order valence-corrected chi connectivity index (χ0v) is 11.5. The molecule has 2 aromatic rings. The van der Waals surface area contributed by atoms with Gasteiger partial charge in [0, 0.05) is 17.0 Å². The van der Waals surface area contributed by atoms with Crippen molar-refractivity contribution in [1.82, 2.24) is 4.57 Å². The van der Waals surface area contributed by atoms with Crippen molar-refractivity contribution in [1.29, 1.82) is 0 Å². The van der Waals surface area contributed by atoms with Crippen LogP contribution in [0.1, 0.15) is 33.3 Å². The van der Waals surface area contributed by atoms with Gasteiger partial charge in [-0.1, -0.05) is 0 Å². The number of nitrogens with zero attached hydrogens (tertiary/aromatic N) is 1. The number of carbonyl (C=O) groups is 1. The van der Waals surface area contributed by atoms with E-state index in [0.717, 1.165) is 22.9 Å². The Balaban J connectivity index is 2.34. The summed E-state index contributed by atoms with van der Waals surface area (Å²) in [5.41, 5.74) is 2.67. The lowest BCUT2D eigenvalue weighted by Crippen LogP contribution is -2.06. The number of aromatic nitrogens is 1. The summed E-state index contributed by atoms with van der Waals surface area (Å²) >= 11 is 5.61. The van der Waals surface area contributed by atoms with E-state index in [2.05, 4.69) is 4.57 Å². The monoisotopic (exact) mass is 265 g/mol. The van der Waals surface area contributed by atoms with E-state index in [9.17, 15) is 4.79 Å². The molecule has 2 aromatic heterocycles. The highest BCUT2D eigenvalue weighted by Crippen LogP contribution is 2.19. The summed E-state index contributed by atoms with van der Waals surface area (Å²) in [6.45, 7) is 6.47. The molecule has 2 rings (SSSR count). The number of hydrogen-bond donors (Lipinski definition) is 0. The Bertz CT molecular complexity index is 581. The van der Waals surface area contributed by atoms with Gasteiger partial charge in [-0.15, -0.1) is 11.6 Å². The molecular formula is C14H16ClNO2. The molecule has 2 heterocycles. The van der Waals surface area contributed by atoms with Crippen LogP contribution < -0.4 is 0 Å². The average molecular weight is 266 g/mol. The van der Waals surface area contributed by atoms with E-state index in [1.54, 1.807) is 0 Å². The molecule has 0 aliphatic carbocycles. The van der Waals surface area contributed by atoms with Crippen LogP contribution in [0, 0.1) is 20.8 Å². The van der Waals surface area contributed by atoms with Gasteiger partial charge in [0.15, 0.2) is 5.78 Å². The highest BCUT2D eigenvalue weighted by molar-refractivity contribution is 6.30. The number of halogens is 1. The molecule has 0 radical (unpaired) electrons. The fourth-order valence-corrected chi connectivity index (χ4v) is 2.27. The normalized spacial score (nSPS) is 10.9. The van der Waals surface area contributed by atoms with E-state index < -0.39 is 0 Å². The molecule has 0 aliphatic heterocycles. The van der Waals surface area contributed by atoms with Crippen molar-refractivity contribution in [3.8, 4) is 0 Å². The summed E-state index contributed by atoms with van der Waals surface area (Å²) in [6.07, 6.45) is 0. The fourth-order valence-electron chi connectivity index (χ4n) is 2.12. The Kier molecular flexibility index (Phi) is 3.62. The SMILES string of the molecule is Cc1ccc(Cn2c(C)cc(C(=O)CCl)c2C)o1. The molecule has 0 amide bonds. The molecule has 0 N–H and O–H groups in total. The molecule has 0 unspecified atom stereocenters. The quantitative estimate of drug-likeness (QED) is 0.627. The first-order valence-electron chi connectivity index (χ1n) is 5.84. The van der Waals surface area contributed by atoms with Gasteiger partial charge in [-0.25, -0.2) is 0 Å². The van der Waals surface area contributed by atoms with E-state index in [1.165, 1.54) is 0 Å².